The molecule has 0 heterocycles. The van der Waals surface area contributed by atoms with Crippen LogP contribution in [-0.2, 0) is 9.53 Å². The Labute approximate surface area is 141 Å². The first-order valence-electron chi connectivity index (χ1n) is 7.66. The molecule has 0 aliphatic rings. The van der Waals surface area contributed by atoms with Gasteiger partial charge in [-0.1, -0.05) is 29.8 Å². The van der Waals surface area contributed by atoms with Crippen molar-refractivity contribution in [1.29, 1.82) is 0 Å². The van der Waals surface area contributed by atoms with Crippen molar-refractivity contribution in [2.75, 3.05) is 13.7 Å². The summed E-state index contributed by atoms with van der Waals surface area (Å²) in [5.74, 6) is -0.102. The fourth-order valence-electron chi connectivity index (χ4n) is 2.25. The number of benzene rings is 2. The van der Waals surface area contributed by atoms with E-state index in [1.54, 1.807) is 25.3 Å². The molecule has 2 aromatic rings. The highest BCUT2D eigenvalue weighted by Gasteiger charge is 2.13. The Morgan fingerprint density at radius 1 is 1.12 bits per heavy atom. The second-order valence-corrected chi connectivity index (χ2v) is 5.51. The molecule has 24 heavy (non-hydrogen) atoms. The average Bonchev–Trinajstić information content (AvgIpc) is 2.59. The minimum Gasteiger partial charge on any atom is -0.497 e. The maximum atomic E-state index is 11.9. The monoisotopic (exact) mass is 327 g/mol. The summed E-state index contributed by atoms with van der Waals surface area (Å²) in [7, 11) is 1.60. The lowest BCUT2D eigenvalue weighted by Gasteiger charge is -2.15. The predicted molar refractivity (Wildman–Crippen MR) is 91.0 cm³/mol. The van der Waals surface area contributed by atoms with Crippen LogP contribution in [0.3, 0.4) is 0 Å². The van der Waals surface area contributed by atoms with Crippen molar-refractivity contribution in [3.05, 3.63) is 65.2 Å². The number of esters is 1. The van der Waals surface area contributed by atoms with Crippen molar-refractivity contribution in [2.24, 2.45) is 0 Å². The number of methoxy groups -OCH3 is 1. The minimum absolute atomic E-state index is 0.193. The van der Waals surface area contributed by atoms with Crippen molar-refractivity contribution >= 4 is 11.9 Å². The lowest BCUT2D eigenvalue weighted by atomic mass is 10.1. The number of ether oxygens (including phenoxy) is 2. The summed E-state index contributed by atoms with van der Waals surface area (Å²) < 4.78 is 10.1. The van der Waals surface area contributed by atoms with Gasteiger partial charge < -0.3 is 14.8 Å². The van der Waals surface area contributed by atoms with Crippen molar-refractivity contribution in [3.63, 3.8) is 0 Å². The normalized spacial score (nSPS) is 11.5. The molecule has 2 aromatic carbocycles. The van der Waals surface area contributed by atoms with Crippen LogP contribution in [0.5, 0.6) is 5.75 Å². The molecule has 0 spiro atoms. The summed E-state index contributed by atoms with van der Waals surface area (Å²) in [4.78, 5) is 23.9. The molecule has 0 aliphatic carbocycles. The number of aryl methyl sites for hydroxylation is 1. The third kappa shape index (κ3) is 4.84. The van der Waals surface area contributed by atoms with E-state index in [-0.39, 0.29) is 18.6 Å². The summed E-state index contributed by atoms with van der Waals surface area (Å²) in [5, 5.41) is 2.79. The van der Waals surface area contributed by atoms with E-state index in [0.29, 0.717) is 5.56 Å². The van der Waals surface area contributed by atoms with Gasteiger partial charge in [-0.25, -0.2) is 4.79 Å². The second-order valence-electron chi connectivity index (χ2n) is 5.51. The number of carbonyl (C=O) groups is 2. The van der Waals surface area contributed by atoms with Gasteiger partial charge in [0.2, 0.25) is 0 Å². The maximum Gasteiger partial charge on any atom is 0.338 e. The molecule has 2 rings (SSSR count). The van der Waals surface area contributed by atoms with Gasteiger partial charge in [-0.15, -0.1) is 0 Å². The van der Waals surface area contributed by atoms with Gasteiger partial charge in [0.05, 0.1) is 18.7 Å². The summed E-state index contributed by atoms with van der Waals surface area (Å²) in [6, 6.07) is 14.3. The van der Waals surface area contributed by atoms with E-state index in [1.165, 1.54) is 0 Å². The van der Waals surface area contributed by atoms with Crippen molar-refractivity contribution in [1.82, 2.24) is 5.32 Å². The Balaban J connectivity index is 1.85. The standard InChI is InChI=1S/C19H21NO4/c1-13-5-4-6-16(11-13)19(22)24-12-18(21)20-14(2)15-7-9-17(23-3)10-8-15/h4-11,14H,12H2,1-3H3,(H,20,21)/t14-/m0/s1. The summed E-state index contributed by atoms with van der Waals surface area (Å²) in [5.41, 5.74) is 2.34. The SMILES string of the molecule is COc1ccc([C@H](C)NC(=O)COC(=O)c2cccc(C)c2)cc1. The second kappa shape index (κ2) is 8.15. The highest BCUT2D eigenvalue weighted by Crippen LogP contribution is 2.17. The summed E-state index contributed by atoms with van der Waals surface area (Å²) >= 11 is 0. The van der Waals surface area contributed by atoms with E-state index in [2.05, 4.69) is 5.32 Å². The predicted octanol–water partition coefficient (Wildman–Crippen LogP) is 3.04. The maximum absolute atomic E-state index is 11.9. The number of amides is 1. The van der Waals surface area contributed by atoms with Crippen LogP contribution in [0.25, 0.3) is 0 Å². The van der Waals surface area contributed by atoms with Gasteiger partial charge in [-0.2, -0.15) is 0 Å². The topological polar surface area (TPSA) is 64.6 Å². The van der Waals surface area contributed by atoms with Crippen LogP contribution < -0.4 is 10.1 Å². The third-order valence-corrected chi connectivity index (χ3v) is 3.58. The van der Waals surface area contributed by atoms with E-state index in [4.69, 9.17) is 9.47 Å². The van der Waals surface area contributed by atoms with Crippen molar-refractivity contribution in [3.8, 4) is 5.75 Å². The fraction of sp³-hybridized carbons (Fsp3) is 0.263. The van der Waals surface area contributed by atoms with Crippen LogP contribution in [0, 0.1) is 6.92 Å². The molecule has 5 nitrogen and oxygen atoms in total. The molecular formula is C19H21NO4. The Kier molecular flexibility index (Phi) is 5.95. The summed E-state index contributed by atoms with van der Waals surface area (Å²) in [6.45, 7) is 3.44. The van der Waals surface area contributed by atoms with Gasteiger partial charge in [0, 0.05) is 0 Å². The molecule has 0 saturated heterocycles. The molecule has 126 valence electrons. The first-order chi connectivity index (χ1) is 11.5. The van der Waals surface area contributed by atoms with Gasteiger partial charge in [0.25, 0.3) is 5.91 Å². The molecule has 0 saturated carbocycles. The summed E-state index contributed by atoms with van der Waals surface area (Å²) in [6.07, 6.45) is 0. The Morgan fingerprint density at radius 3 is 2.46 bits per heavy atom. The third-order valence-electron chi connectivity index (χ3n) is 3.58. The van der Waals surface area contributed by atoms with Gasteiger partial charge >= 0.3 is 5.97 Å². The van der Waals surface area contributed by atoms with Gasteiger partial charge in [0.1, 0.15) is 5.75 Å². The molecule has 0 bridgehead atoms. The number of nitrogens with one attached hydrogen (secondary N) is 1. The van der Waals surface area contributed by atoms with E-state index < -0.39 is 5.97 Å². The van der Waals surface area contributed by atoms with Crippen molar-refractivity contribution in [2.45, 2.75) is 19.9 Å². The molecule has 5 heteroatoms. The Hall–Kier alpha value is -2.82. The fourth-order valence-corrected chi connectivity index (χ4v) is 2.25. The molecule has 0 aromatic heterocycles. The quantitative estimate of drug-likeness (QED) is 0.828. The van der Waals surface area contributed by atoms with Crippen LogP contribution >= 0.6 is 0 Å². The zero-order valence-electron chi connectivity index (χ0n) is 14.0. The minimum atomic E-state index is -0.508. The van der Waals surface area contributed by atoms with E-state index in [1.807, 2.05) is 44.2 Å². The molecule has 0 aliphatic heterocycles. The zero-order valence-corrected chi connectivity index (χ0v) is 14.0. The number of rotatable bonds is 6. The highest BCUT2D eigenvalue weighted by molar-refractivity contribution is 5.91. The Morgan fingerprint density at radius 2 is 1.83 bits per heavy atom. The average molecular weight is 327 g/mol. The number of hydrogen-bond acceptors (Lipinski definition) is 4. The van der Waals surface area contributed by atoms with Gasteiger partial charge in [0.15, 0.2) is 6.61 Å². The lowest BCUT2D eigenvalue weighted by molar-refractivity contribution is -0.124. The first-order valence-corrected chi connectivity index (χ1v) is 7.66. The number of carbonyl (C=O) groups excluding carboxylic acids is 2. The van der Waals surface area contributed by atoms with Crippen LogP contribution in [0.2, 0.25) is 0 Å². The van der Waals surface area contributed by atoms with Crippen LogP contribution in [0.4, 0.5) is 0 Å². The zero-order chi connectivity index (χ0) is 17.5. The smallest absolute Gasteiger partial charge is 0.338 e. The van der Waals surface area contributed by atoms with Crippen LogP contribution in [-0.4, -0.2) is 25.6 Å². The highest BCUT2D eigenvalue weighted by atomic mass is 16.5. The molecule has 0 fully saturated rings. The van der Waals surface area contributed by atoms with Gasteiger partial charge in [-0.3, -0.25) is 4.79 Å². The van der Waals surface area contributed by atoms with E-state index in [0.717, 1.165) is 16.9 Å². The molecule has 1 atom stereocenters. The Bertz CT molecular complexity index is 710. The molecule has 1 amide bonds. The van der Waals surface area contributed by atoms with Gasteiger partial charge in [-0.05, 0) is 43.7 Å². The molecule has 0 unspecified atom stereocenters. The van der Waals surface area contributed by atoms with E-state index in [9.17, 15) is 9.59 Å². The number of hydrogen-bond donors (Lipinski definition) is 1. The van der Waals surface area contributed by atoms with Crippen LogP contribution in [0.1, 0.15) is 34.5 Å². The molecule has 1 N–H and O–H groups in total. The van der Waals surface area contributed by atoms with Crippen molar-refractivity contribution < 1.29 is 19.1 Å². The lowest BCUT2D eigenvalue weighted by Crippen LogP contribution is -2.31. The first kappa shape index (κ1) is 17.5. The molecular weight excluding hydrogens is 306 g/mol. The molecule has 0 radical (unpaired) electrons. The van der Waals surface area contributed by atoms with Crippen LogP contribution in [0.15, 0.2) is 48.5 Å². The van der Waals surface area contributed by atoms with E-state index >= 15 is 0 Å². The largest absolute Gasteiger partial charge is 0.497 e.